The summed E-state index contributed by atoms with van der Waals surface area (Å²) in [7, 11) is 0. The first-order chi connectivity index (χ1) is 14.7. The van der Waals surface area contributed by atoms with Gasteiger partial charge in [0.05, 0.1) is 28.0 Å². The van der Waals surface area contributed by atoms with Crippen molar-refractivity contribution in [2.75, 3.05) is 4.90 Å². The molecule has 0 aliphatic heterocycles. The molecule has 3 aromatic carbocycles. The molecule has 0 spiro atoms. The molecule has 0 unspecified atom stereocenters. The van der Waals surface area contributed by atoms with Gasteiger partial charge >= 0.3 is 0 Å². The maximum absolute atomic E-state index is 13.4. The van der Waals surface area contributed by atoms with Crippen molar-refractivity contribution in [3.8, 4) is 0 Å². The number of hydrogen-bond acceptors (Lipinski definition) is 5. The van der Waals surface area contributed by atoms with E-state index in [4.69, 9.17) is 34.8 Å². The number of hydrogen-bond donors (Lipinski definition) is 0. The first kappa shape index (κ1) is 22.5. The number of rotatable bonds is 6. The number of nitro groups is 2. The average molecular weight is 481 g/mol. The monoisotopic (exact) mass is 479 g/mol. The zero-order valence-electron chi connectivity index (χ0n) is 15.5. The Bertz CT molecular complexity index is 1170. The van der Waals surface area contributed by atoms with Gasteiger partial charge in [0, 0.05) is 32.9 Å². The highest BCUT2D eigenvalue weighted by molar-refractivity contribution is 6.35. The predicted molar refractivity (Wildman–Crippen MR) is 118 cm³/mol. The van der Waals surface area contributed by atoms with Crippen LogP contribution < -0.4 is 4.90 Å². The van der Waals surface area contributed by atoms with Gasteiger partial charge in [-0.15, -0.1) is 0 Å². The Balaban J connectivity index is 2.12. The smallest absolute Gasteiger partial charge is 0.277 e. The van der Waals surface area contributed by atoms with Gasteiger partial charge in [0.2, 0.25) is 0 Å². The van der Waals surface area contributed by atoms with Crippen LogP contribution in [0.25, 0.3) is 0 Å². The highest BCUT2D eigenvalue weighted by atomic mass is 35.5. The number of non-ortho nitro benzene ring substituents is 2. The molecule has 158 valence electrons. The maximum Gasteiger partial charge on any atom is 0.277 e. The molecule has 3 aromatic rings. The van der Waals surface area contributed by atoms with Crippen molar-refractivity contribution < 1.29 is 14.6 Å². The van der Waals surface area contributed by atoms with Crippen molar-refractivity contribution in [3.05, 3.63) is 107 Å². The second-order valence-corrected chi connectivity index (χ2v) is 7.64. The van der Waals surface area contributed by atoms with Crippen LogP contribution in [0.15, 0.2) is 60.7 Å². The van der Waals surface area contributed by atoms with Gasteiger partial charge in [-0.3, -0.25) is 25.0 Å². The molecule has 0 bridgehead atoms. The van der Waals surface area contributed by atoms with Crippen LogP contribution in [-0.4, -0.2) is 15.8 Å². The van der Waals surface area contributed by atoms with Crippen LogP contribution in [0.1, 0.15) is 15.9 Å². The predicted octanol–water partition coefficient (Wildman–Crippen LogP) is 6.31. The SMILES string of the molecule is O=C(c1cc([N+](=O)[O-])cc([N+](=O)[O-])c1)N(Cc1ccc(Cl)cc1Cl)c1cccc(Cl)c1. The van der Waals surface area contributed by atoms with Crippen LogP contribution in [0.2, 0.25) is 15.1 Å². The summed E-state index contributed by atoms with van der Waals surface area (Å²) in [6, 6.07) is 13.9. The summed E-state index contributed by atoms with van der Waals surface area (Å²) in [6.45, 7) is -0.0360. The highest BCUT2D eigenvalue weighted by Gasteiger charge is 2.25. The number of halogens is 3. The minimum Gasteiger partial charge on any atom is -0.304 e. The molecule has 0 aliphatic carbocycles. The molecule has 0 N–H and O–H groups in total. The third-order valence-corrected chi connectivity index (χ3v) is 5.10. The summed E-state index contributed by atoms with van der Waals surface area (Å²) >= 11 is 18.3. The lowest BCUT2D eigenvalue weighted by Gasteiger charge is -2.24. The topological polar surface area (TPSA) is 107 Å². The molecule has 0 fully saturated rings. The molecule has 0 saturated heterocycles. The molecule has 31 heavy (non-hydrogen) atoms. The van der Waals surface area contributed by atoms with Gasteiger partial charge in [-0.1, -0.05) is 46.9 Å². The van der Waals surface area contributed by atoms with Crippen LogP contribution in [0.3, 0.4) is 0 Å². The first-order valence-electron chi connectivity index (χ1n) is 8.61. The Labute approximate surface area is 190 Å². The summed E-state index contributed by atoms with van der Waals surface area (Å²) in [5.41, 5.74) is -0.468. The van der Waals surface area contributed by atoms with Crippen molar-refractivity contribution in [2.24, 2.45) is 0 Å². The van der Waals surface area contributed by atoms with Crippen molar-refractivity contribution in [1.82, 2.24) is 0 Å². The Morgan fingerprint density at radius 3 is 2.00 bits per heavy atom. The summed E-state index contributed by atoms with van der Waals surface area (Å²) in [6.07, 6.45) is 0. The zero-order valence-corrected chi connectivity index (χ0v) is 17.8. The average Bonchev–Trinajstić information content (AvgIpc) is 2.72. The van der Waals surface area contributed by atoms with E-state index >= 15 is 0 Å². The number of nitrogens with zero attached hydrogens (tertiary/aromatic N) is 3. The quantitative estimate of drug-likeness (QED) is 0.303. The number of benzene rings is 3. The highest BCUT2D eigenvalue weighted by Crippen LogP contribution is 2.29. The van der Waals surface area contributed by atoms with E-state index in [9.17, 15) is 25.0 Å². The third kappa shape index (κ3) is 5.29. The van der Waals surface area contributed by atoms with E-state index < -0.39 is 27.1 Å². The van der Waals surface area contributed by atoms with Gasteiger partial charge < -0.3 is 4.90 Å². The normalized spacial score (nSPS) is 10.5. The lowest BCUT2D eigenvalue weighted by Crippen LogP contribution is -2.30. The number of carbonyl (C=O) groups excluding carboxylic acids is 1. The molecular weight excluding hydrogens is 469 g/mol. The minimum atomic E-state index is -0.802. The van der Waals surface area contributed by atoms with Crippen LogP contribution >= 0.6 is 34.8 Å². The molecular formula is C20H12Cl3N3O5. The van der Waals surface area contributed by atoms with Gasteiger partial charge in [0.15, 0.2) is 0 Å². The van der Waals surface area contributed by atoms with Crippen molar-refractivity contribution in [1.29, 1.82) is 0 Å². The molecule has 0 heterocycles. The molecule has 3 rings (SSSR count). The number of anilines is 1. The van der Waals surface area contributed by atoms with Crippen LogP contribution in [-0.2, 0) is 6.54 Å². The van der Waals surface area contributed by atoms with Crippen LogP contribution in [0.5, 0.6) is 0 Å². The Hall–Kier alpha value is -3.20. The van der Waals surface area contributed by atoms with Crippen LogP contribution in [0.4, 0.5) is 17.1 Å². The van der Waals surface area contributed by atoms with E-state index in [1.165, 1.54) is 17.0 Å². The first-order valence-corrected chi connectivity index (χ1v) is 9.74. The Morgan fingerprint density at radius 1 is 0.839 bits per heavy atom. The van der Waals surface area contributed by atoms with E-state index in [-0.39, 0.29) is 12.1 Å². The zero-order chi connectivity index (χ0) is 22.7. The van der Waals surface area contributed by atoms with E-state index in [2.05, 4.69) is 0 Å². The van der Waals surface area contributed by atoms with Gasteiger partial charge in [0.25, 0.3) is 17.3 Å². The van der Waals surface area contributed by atoms with Gasteiger partial charge in [0.1, 0.15) is 0 Å². The lowest BCUT2D eigenvalue weighted by atomic mass is 10.1. The van der Waals surface area contributed by atoms with Crippen LogP contribution in [0, 0.1) is 20.2 Å². The minimum absolute atomic E-state index is 0.0360. The molecule has 0 aliphatic rings. The van der Waals surface area contributed by atoms with Gasteiger partial charge in [-0.05, 0) is 35.9 Å². The van der Waals surface area contributed by atoms with E-state index in [0.717, 1.165) is 18.2 Å². The van der Waals surface area contributed by atoms with E-state index in [0.29, 0.717) is 26.3 Å². The fourth-order valence-corrected chi connectivity index (χ4v) is 3.48. The molecule has 8 nitrogen and oxygen atoms in total. The standard InChI is InChI=1S/C20H12Cl3N3O5/c21-14-2-1-3-16(8-14)24(11-12-4-5-15(22)9-19(12)23)20(27)13-6-17(25(28)29)10-18(7-13)26(30)31/h1-10H,11H2. The van der Waals surface area contributed by atoms with E-state index in [1.54, 1.807) is 30.3 Å². The molecule has 1 amide bonds. The fraction of sp³-hybridized carbons (Fsp3) is 0.0500. The van der Waals surface area contributed by atoms with Crippen molar-refractivity contribution in [2.45, 2.75) is 6.54 Å². The largest absolute Gasteiger partial charge is 0.304 e. The summed E-state index contributed by atoms with van der Waals surface area (Å²) in [4.78, 5) is 35.4. The summed E-state index contributed by atoms with van der Waals surface area (Å²) in [5, 5.41) is 23.5. The Kier molecular flexibility index (Phi) is 6.74. The summed E-state index contributed by atoms with van der Waals surface area (Å²) in [5.74, 6) is -0.708. The molecule has 0 aromatic heterocycles. The lowest BCUT2D eigenvalue weighted by molar-refractivity contribution is -0.394. The third-order valence-electron chi connectivity index (χ3n) is 4.28. The second kappa shape index (κ2) is 9.30. The number of amides is 1. The Morgan fingerprint density at radius 2 is 1.45 bits per heavy atom. The second-order valence-electron chi connectivity index (χ2n) is 6.36. The van der Waals surface area contributed by atoms with E-state index in [1.807, 2.05) is 0 Å². The van der Waals surface area contributed by atoms with Gasteiger partial charge in [-0.2, -0.15) is 0 Å². The van der Waals surface area contributed by atoms with Gasteiger partial charge in [-0.25, -0.2) is 0 Å². The molecule has 0 saturated carbocycles. The van der Waals surface area contributed by atoms with Crippen molar-refractivity contribution in [3.63, 3.8) is 0 Å². The maximum atomic E-state index is 13.4. The molecule has 0 atom stereocenters. The number of nitro benzene ring substituents is 2. The molecule has 11 heteroatoms. The van der Waals surface area contributed by atoms with Crippen molar-refractivity contribution >= 4 is 57.8 Å². The fourth-order valence-electron chi connectivity index (χ4n) is 2.83. The molecule has 0 radical (unpaired) electrons. The number of carbonyl (C=O) groups is 1. The summed E-state index contributed by atoms with van der Waals surface area (Å²) < 4.78 is 0.